The van der Waals surface area contributed by atoms with Crippen molar-refractivity contribution < 1.29 is 9.53 Å². The monoisotopic (exact) mass is 390 g/mol. The van der Waals surface area contributed by atoms with Crippen molar-refractivity contribution in [2.24, 2.45) is 0 Å². The fourth-order valence-corrected chi connectivity index (χ4v) is 3.00. The number of carbonyl (C=O) groups excluding carboxylic acids is 1. The molecule has 0 aromatic heterocycles. The lowest BCUT2D eigenvalue weighted by molar-refractivity contribution is -0.147. The lowest BCUT2D eigenvalue weighted by Crippen LogP contribution is -2.55. The van der Waals surface area contributed by atoms with Gasteiger partial charge in [0.15, 0.2) is 0 Å². The summed E-state index contributed by atoms with van der Waals surface area (Å²) in [6, 6.07) is 8.27. The minimum atomic E-state index is -0.667. The van der Waals surface area contributed by atoms with Gasteiger partial charge in [-0.05, 0) is 57.0 Å². The van der Waals surface area contributed by atoms with E-state index in [1.54, 1.807) is 7.11 Å². The zero-order valence-corrected chi connectivity index (χ0v) is 15.4. The van der Waals surface area contributed by atoms with Gasteiger partial charge in [-0.1, -0.05) is 28.1 Å². The summed E-state index contributed by atoms with van der Waals surface area (Å²) in [7, 11) is 1.63. The molecule has 1 aromatic rings. The Morgan fingerprint density at radius 3 is 2.50 bits per heavy atom. The van der Waals surface area contributed by atoms with E-state index in [1.165, 1.54) is 5.56 Å². The Bertz CT molecular complexity index is 476. The zero-order chi connectivity index (χ0) is 15.3. The Balaban J connectivity index is 0.00000242. The summed E-state index contributed by atoms with van der Waals surface area (Å²) in [5, 5.41) is 6.36. The van der Waals surface area contributed by atoms with Crippen LogP contribution >= 0.6 is 28.3 Å². The molecule has 1 unspecified atom stereocenters. The molecule has 0 bridgehead atoms. The number of ether oxygens (including phenoxy) is 1. The van der Waals surface area contributed by atoms with Gasteiger partial charge in [-0.15, -0.1) is 12.4 Å². The highest BCUT2D eigenvalue weighted by Crippen LogP contribution is 2.23. The number of methoxy groups -OCH3 is 1. The minimum Gasteiger partial charge on any atom is -0.368 e. The van der Waals surface area contributed by atoms with E-state index in [-0.39, 0.29) is 24.4 Å². The average molecular weight is 392 g/mol. The maximum Gasteiger partial charge on any atom is 0.252 e. The van der Waals surface area contributed by atoms with Gasteiger partial charge in [-0.3, -0.25) is 4.79 Å². The molecule has 2 rings (SSSR count). The highest BCUT2D eigenvalue weighted by atomic mass is 79.9. The largest absolute Gasteiger partial charge is 0.368 e. The quantitative estimate of drug-likeness (QED) is 0.811. The van der Waals surface area contributed by atoms with Crippen LogP contribution in [0.5, 0.6) is 0 Å². The van der Waals surface area contributed by atoms with Crippen LogP contribution in [0, 0.1) is 0 Å². The van der Waals surface area contributed by atoms with E-state index in [0.717, 1.165) is 36.8 Å². The molecule has 1 heterocycles. The van der Waals surface area contributed by atoms with Gasteiger partial charge in [-0.25, -0.2) is 0 Å². The maximum absolute atomic E-state index is 12.5. The number of rotatable bonds is 5. The molecule has 1 aliphatic heterocycles. The molecule has 0 aliphatic carbocycles. The van der Waals surface area contributed by atoms with Crippen LogP contribution in [0.4, 0.5) is 0 Å². The molecule has 0 spiro atoms. The number of nitrogens with one attached hydrogen (secondary N) is 2. The third-order valence-electron chi connectivity index (χ3n) is 4.05. The molecule has 1 fully saturated rings. The Hall–Kier alpha value is -0.620. The fraction of sp³-hybridized carbons (Fsp3) is 0.562. The van der Waals surface area contributed by atoms with Gasteiger partial charge < -0.3 is 15.4 Å². The zero-order valence-electron chi connectivity index (χ0n) is 13.0. The molecule has 0 radical (unpaired) electrons. The number of amides is 1. The SMILES string of the molecule is COC1(C(=O)NC(C)Cc2ccc(Br)cc2)CCNCC1.Cl. The predicted octanol–water partition coefficient (Wildman–Crippen LogP) is 2.69. The van der Waals surface area contributed by atoms with Gasteiger partial charge in [0.05, 0.1) is 0 Å². The summed E-state index contributed by atoms with van der Waals surface area (Å²) in [6.07, 6.45) is 2.26. The Kier molecular flexibility index (Phi) is 7.83. The van der Waals surface area contributed by atoms with Crippen molar-refractivity contribution >= 4 is 34.2 Å². The fourth-order valence-electron chi connectivity index (χ4n) is 2.73. The molecule has 1 amide bonds. The normalized spacial score (nSPS) is 18.1. The first-order chi connectivity index (χ1) is 10.1. The van der Waals surface area contributed by atoms with E-state index in [9.17, 15) is 4.79 Å². The van der Waals surface area contributed by atoms with Crippen molar-refractivity contribution in [3.8, 4) is 0 Å². The smallest absolute Gasteiger partial charge is 0.252 e. The summed E-state index contributed by atoms with van der Waals surface area (Å²) in [5.41, 5.74) is 0.543. The number of halogens is 2. The van der Waals surface area contributed by atoms with Crippen LogP contribution in [0.3, 0.4) is 0 Å². The van der Waals surface area contributed by atoms with Crippen molar-refractivity contribution in [3.63, 3.8) is 0 Å². The van der Waals surface area contributed by atoms with E-state index >= 15 is 0 Å². The highest BCUT2D eigenvalue weighted by molar-refractivity contribution is 9.10. The van der Waals surface area contributed by atoms with E-state index in [4.69, 9.17) is 4.74 Å². The lowest BCUT2D eigenvalue weighted by atomic mass is 9.90. The molecule has 6 heteroatoms. The van der Waals surface area contributed by atoms with Crippen LogP contribution < -0.4 is 10.6 Å². The number of carbonyl (C=O) groups is 1. The predicted molar refractivity (Wildman–Crippen MR) is 94.5 cm³/mol. The third-order valence-corrected chi connectivity index (χ3v) is 4.58. The van der Waals surface area contributed by atoms with Gasteiger partial charge in [0.2, 0.25) is 0 Å². The second-order valence-corrected chi connectivity index (χ2v) is 6.57. The number of benzene rings is 1. The molecule has 1 aromatic carbocycles. The number of hydrogen-bond acceptors (Lipinski definition) is 3. The first-order valence-electron chi connectivity index (χ1n) is 7.37. The first-order valence-corrected chi connectivity index (χ1v) is 8.16. The summed E-state index contributed by atoms with van der Waals surface area (Å²) in [6.45, 7) is 3.68. The molecule has 0 saturated carbocycles. The van der Waals surface area contributed by atoms with Crippen molar-refractivity contribution in [2.75, 3.05) is 20.2 Å². The van der Waals surface area contributed by atoms with Crippen molar-refractivity contribution in [2.45, 2.75) is 37.8 Å². The van der Waals surface area contributed by atoms with E-state index in [2.05, 4.69) is 38.7 Å². The second kappa shape index (κ2) is 8.87. The van der Waals surface area contributed by atoms with Crippen LogP contribution in [0.15, 0.2) is 28.7 Å². The Morgan fingerprint density at radius 2 is 1.95 bits per heavy atom. The van der Waals surface area contributed by atoms with E-state index < -0.39 is 5.60 Å². The van der Waals surface area contributed by atoms with E-state index in [1.807, 2.05) is 19.1 Å². The molecule has 1 atom stereocenters. The van der Waals surface area contributed by atoms with Gasteiger partial charge in [-0.2, -0.15) is 0 Å². The van der Waals surface area contributed by atoms with Gasteiger partial charge >= 0.3 is 0 Å². The van der Waals surface area contributed by atoms with Crippen LogP contribution in [-0.2, 0) is 16.0 Å². The standard InChI is InChI=1S/C16H23BrN2O2.ClH/c1-12(11-13-3-5-14(17)6-4-13)19-15(20)16(21-2)7-9-18-10-8-16;/h3-6,12,18H,7-11H2,1-2H3,(H,19,20);1H. The highest BCUT2D eigenvalue weighted by Gasteiger charge is 2.39. The van der Waals surface area contributed by atoms with E-state index in [0.29, 0.717) is 0 Å². The summed E-state index contributed by atoms with van der Waals surface area (Å²) >= 11 is 3.43. The molecule has 4 nitrogen and oxygen atoms in total. The van der Waals surface area contributed by atoms with Crippen molar-refractivity contribution in [3.05, 3.63) is 34.3 Å². The van der Waals surface area contributed by atoms with Crippen LogP contribution in [0.25, 0.3) is 0 Å². The third kappa shape index (κ3) is 4.95. The Labute approximate surface area is 146 Å². The molecule has 124 valence electrons. The first kappa shape index (κ1) is 19.4. The molecule has 1 aliphatic rings. The summed E-state index contributed by atoms with van der Waals surface area (Å²) < 4.78 is 6.61. The van der Waals surface area contributed by atoms with Crippen molar-refractivity contribution in [1.82, 2.24) is 10.6 Å². The molecule has 2 N–H and O–H groups in total. The lowest BCUT2D eigenvalue weighted by Gasteiger charge is -2.35. The van der Waals surface area contributed by atoms with Crippen LogP contribution in [-0.4, -0.2) is 37.7 Å². The Morgan fingerprint density at radius 1 is 1.36 bits per heavy atom. The molecular weight excluding hydrogens is 368 g/mol. The molecule has 1 saturated heterocycles. The molecule has 22 heavy (non-hydrogen) atoms. The van der Waals surface area contributed by atoms with Crippen LogP contribution in [0.1, 0.15) is 25.3 Å². The second-order valence-electron chi connectivity index (χ2n) is 5.65. The number of hydrogen-bond donors (Lipinski definition) is 2. The van der Waals surface area contributed by atoms with Gasteiger partial charge in [0, 0.05) is 17.6 Å². The average Bonchev–Trinajstić information content (AvgIpc) is 2.50. The summed E-state index contributed by atoms with van der Waals surface area (Å²) in [4.78, 5) is 12.5. The van der Waals surface area contributed by atoms with Gasteiger partial charge in [0.25, 0.3) is 5.91 Å². The minimum absolute atomic E-state index is 0. The number of piperidine rings is 1. The summed E-state index contributed by atoms with van der Waals surface area (Å²) in [5.74, 6) is 0.0103. The topological polar surface area (TPSA) is 50.4 Å². The van der Waals surface area contributed by atoms with Crippen LogP contribution in [0.2, 0.25) is 0 Å². The van der Waals surface area contributed by atoms with Crippen molar-refractivity contribution in [1.29, 1.82) is 0 Å². The molecular formula is C16H24BrClN2O2. The van der Waals surface area contributed by atoms with Gasteiger partial charge in [0.1, 0.15) is 5.60 Å². The maximum atomic E-state index is 12.5.